The molecule has 0 fully saturated rings. The lowest BCUT2D eigenvalue weighted by Gasteiger charge is -2.02. The molecule has 0 heterocycles. The smallest absolute Gasteiger partial charge is 0.185 e. The largest absolute Gasteiger partial charge is 0.288 e. The predicted octanol–water partition coefficient (Wildman–Crippen LogP) is 2.14. The second-order valence-corrected chi connectivity index (χ2v) is 3.57. The zero-order valence-corrected chi connectivity index (χ0v) is 7.26. The van der Waals surface area contributed by atoms with Gasteiger partial charge in [0.15, 0.2) is 5.12 Å². The van der Waals surface area contributed by atoms with Crippen molar-refractivity contribution in [3.05, 3.63) is 0 Å². The van der Waals surface area contributed by atoms with Crippen molar-refractivity contribution in [2.24, 2.45) is 5.92 Å². The average molecular weight is 167 g/mol. The van der Waals surface area contributed by atoms with Gasteiger partial charge in [0.05, 0.1) is 0 Å². The summed E-state index contributed by atoms with van der Waals surface area (Å²) in [6.07, 6.45) is 0. The van der Waals surface area contributed by atoms with Crippen LogP contribution in [-0.4, -0.2) is 16.7 Å². The van der Waals surface area contributed by atoms with Crippen molar-refractivity contribution in [1.29, 1.82) is 0 Å². The fourth-order valence-electron chi connectivity index (χ4n) is 0.304. The van der Waals surface area contributed by atoms with Gasteiger partial charge in [0, 0.05) is 18.6 Å². The molecule has 0 aromatic heterocycles. The van der Waals surface area contributed by atoms with Crippen molar-refractivity contribution in [2.45, 2.75) is 13.8 Å². The molecule has 0 N–H and O–H groups in total. The molecule has 0 aliphatic carbocycles. The van der Waals surface area contributed by atoms with Crippen LogP contribution in [0.15, 0.2) is 0 Å². The van der Waals surface area contributed by atoms with Gasteiger partial charge in [-0.2, -0.15) is 0 Å². The maximum atomic E-state index is 10.4. The molecular weight excluding hydrogens is 156 g/mol. The van der Waals surface area contributed by atoms with Crippen molar-refractivity contribution in [3.63, 3.8) is 0 Å². The Morgan fingerprint density at radius 3 is 2.67 bits per heavy atom. The third-order valence-electron chi connectivity index (χ3n) is 0.835. The molecule has 0 bridgehead atoms. The summed E-state index contributed by atoms with van der Waals surface area (Å²) in [5, 5.41) is 0.173. The molecular formula is C6H11ClOS. The number of carbonyl (C=O) groups is 1. The highest BCUT2D eigenvalue weighted by molar-refractivity contribution is 8.13. The zero-order valence-electron chi connectivity index (χ0n) is 5.69. The van der Waals surface area contributed by atoms with Gasteiger partial charge < -0.3 is 0 Å². The highest BCUT2D eigenvalue weighted by Gasteiger charge is 2.01. The van der Waals surface area contributed by atoms with Crippen LogP contribution in [0.25, 0.3) is 0 Å². The Balaban J connectivity index is 3.16. The molecule has 0 unspecified atom stereocenters. The molecule has 0 aromatic rings. The van der Waals surface area contributed by atoms with E-state index in [1.165, 1.54) is 11.8 Å². The van der Waals surface area contributed by atoms with Crippen LogP contribution in [0.3, 0.4) is 0 Å². The Hall–Kier alpha value is 0.310. The van der Waals surface area contributed by atoms with E-state index in [9.17, 15) is 4.79 Å². The molecule has 0 saturated heterocycles. The number of rotatable bonds is 3. The minimum Gasteiger partial charge on any atom is -0.288 e. The summed E-state index contributed by atoms with van der Waals surface area (Å²) in [4.78, 5) is 10.4. The molecule has 0 radical (unpaired) electrons. The molecule has 3 heteroatoms. The molecule has 0 aliphatic heterocycles. The van der Waals surface area contributed by atoms with E-state index in [4.69, 9.17) is 11.6 Å². The summed E-state index contributed by atoms with van der Waals surface area (Å²) in [6.45, 7) is 3.61. The minimum absolute atomic E-state index is 0.173. The number of halogens is 1. The Labute approximate surface area is 65.2 Å². The number of hydrogen-bond donors (Lipinski definition) is 0. The fraction of sp³-hybridized carbons (Fsp3) is 0.833. The van der Waals surface area contributed by atoms with Gasteiger partial charge in [-0.15, -0.1) is 11.6 Å². The van der Waals surface area contributed by atoms with E-state index < -0.39 is 0 Å². The second-order valence-electron chi connectivity index (χ2n) is 2.06. The highest BCUT2D eigenvalue weighted by atomic mass is 35.5. The molecule has 1 atom stereocenters. The summed E-state index contributed by atoms with van der Waals surface area (Å²) < 4.78 is 0. The van der Waals surface area contributed by atoms with E-state index in [2.05, 4.69) is 0 Å². The van der Waals surface area contributed by atoms with E-state index in [1.54, 1.807) is 6.92 Å². The number of thioether (sulfide) groups is 1. The van der Waals surface area contributed by atoms with Crippen LogP contribution < -0.4 is 0 Å². The topological polar surface area (TPSA) is 17.1 Å². The summed E-state index contributed by atoms with van der Waals surface area (Å²) in [6, 6.07) is 0. The van der Waals surface area contributed by atoms with Gasteiger partial charge >= 0.3 is 0 Å². The van der Waals surface area contributed by atoms with Gasteiger partial charge in [0.1, 0.15) is 0 Å². The van der Waals surface area contributed by atoms with E-state index in [0.717, 1.165) is 5.75 Å². The average Bonchev–Trinajstić information content (AvgIpc) is 1.83. The summed E-state index contributed by atoms with van der Waals surface area (Å²) in [5.41, 5.74) is 0. The van der Waals surface area contributed by atoms with Crippen molar-refractivity contribution < 1.29 is 4.79 Å². The van der Waals surface area contributed by atoms with Crippen molar-refractivity contribution in [1.82, 2.24) is 0 Å². The summed E-state index contributed by atoms with van der Waals surface area (Å²) in [7, 11) is 0. The summed E-state index contributed by atoms with van der Waals surface area (Å²) in [5.74, 6) is 1.93. The molecule has 0 saturated carbocycles. The van der Waals surface area contributed by atoms with E-state index in [0.29, 0.717) is 11.8 Å². The van der Waals surface area contributed by atoms with Gasteiger partial charge in [-0.05, 0) is 5.92 Å². The zero-order chi connectivity index (χ0) is 7.28. The SMILES string of the molecule is CC(=O)SC[C@H](C)CCl. The second kappa shape index (κ2) is 5.12. The van der Waals surface area contributed by atoms with Gasteiger partial charge in [-0.1, -0.05) is 18.7 Å². The Bertz CT molecular complexity index is 95.1. The highest BCUT2D eigenvalue weighted by Crippen LogP contribution is 2.09. The Morgan fingerprint density at radius 1 is 1.78 bits per heavy atom. The Kier molecular flexibility index (Phi) is 5.30. The molecule has 1 nitrogen and oxygen atoms in total. The number of alkyl halides is 1. The fourth-order valence-corrected chi connectivity index (χ4v) is 1.18. The van der Waals surface area contributed by atoms with Crippen LogP contribution in [0.2, 0.25) is 0 Å². The maximum Gasteiger partial charge on any atom is 0.185 e. The first-order valence-corrected chi connectivity index (χ1v) is 4.38. The van der Waals surface area contributed by atoms with Crippen LogP contribution in [0.5, 0.6) is 0 Å². The van der Waals surface area contributed by atoms with E-state index in [-0.39, 0.29) is 5.12 Å². The van der Waals surface area contributed by atoms with Gasteiger partial charge in [0.25, 0.3) is 0 Å². The molecule has 0 spiro atoms. The maximum absolute atomic E-state index is 10.4. The lowest BCUT2D eigenvalue weighted by atomic mass is 10.3. The molecule has 9 heavy (non-hydrogen) atoms. The standard InChI is InChI=1S/C6H11ClOS/c1-5(3-7)4-9-6(2)8/h5H,3-4H2,1-2H3/t5-/m1/s1. The minimum atomic E-state index is 0.173. The molecule has 0 aromatic carbocycles. The quantitative estimate of drug-likeness (QED) is 0.598. The first-order chi connectivity index (χ1) is 4.16. The van der Waals surface area contributed by atoms with Gasteiger partial charge in [-0.3, -0.25) is 4.79 Å². The van der Waals surface area contributed by atoms with E-state index >= 15 is 0 Å². The predicted molar refractivity (Wildman–Crippen MR) is 43.0 cm³/mol. The lowest BCUT2D eigenvalue weighted by molar-refractivity contribution is -0.109. The Morgan fingerprint density at radius 2 is 2.33 bits per heavy atom. The molecule has 0 rings (SSSR count). The van der Waals surface area contributed by atoms with Crippen molar-refractivity contribution >= 4 is 28.5 Å². The lowest BCUT2D eigenvalue weighted by Crippen LogP contribution is -2.00. The molecule has 0 aliphatic rings. The monoisotopic (exact) mass is 166 g/mol. The normalized spacial score (nSPS) is 13.2. The number of hydrogen-bond acceptors (Lipinski definition) is 2. The first kappa shape index (κ1) is 9.31. The van der Waals surface area contributed by atoms with Crippen molar-refractivity contribution in [3.8, 4) is 0 Å². The van der Waals surface area contributed by atoms with Crippen molar-refractivity contribution in [2.75, 3.05) is 11.6 Å². The van der Waals surface area contributed by atoms with E-state index in [1.807, 2.05) is 6.92 Å². The number of carbonyl (C=O) groups excluding carboxylic acids is 1. The van der Waals surface area contributed by atoms with Crippen LogP contribution in [0.1, 0.15) is 13.8 Å². The third kappa shape index (κ3) is 6.19. The van der Waals surface area contributed by atoms with Crippen LogP contribution in [0, 0.1) is 5.92 Å². The molecule has 54 valence electrons. The van der Waals surface area contributed by atoms with Gasteiger partial charge in [0.2, 0.25) is 0 Å². The van der Waals surface area contributed by atoms with Crippen LogP contribution in [0.4, 0.5) is 0 Å². The third-order valence-corrected chi connectivity index (χ3v) is 2.50. The van der Waals surface area contributed by atoms with Crippen LogP contribution >= 0.6 is 23.4 Å². The molecule has 0 amide bonds. The van der Waals surface area contributed by atoms with Gasteiger partial charge in [-0.25, -0.2) is 0 Å². The van der Waals surface area contributed by atoms with Crippen LogP contribution in [-0.2, 0) is 4.79 Å². The summed E-state index contributed by atoms with van der Waals surface area (Å²) >= 11 is 6.85. The first-order valence-electron chi connectivity index (χ1n) is 2.86.